The molecule has 5 rings (SSSR count). The molecular formula is C26H26ClN3O5S. The minimum Gasteiger partial charge on any atom is -0.495 e. The molecule has 2 aromatic heterocycles. The summed E-state index contributed by atoms with van der Waals surface area (Å²) < 4.78 is 17.1. The highest BCUT2D eigenvalue weighted by molar-refractivity contribution is 8.01. The van der Waals surface area contributed by atoms with E-state index in [9.17, 15) is 9.59 Å². The lowest BCUT2D eigenvalue weighted by atomic mass is 9.76. The normalized spacial score (nSPS) is 22.6. The fourth-order valence-electron chi connectivity index (χ4n) is 5.14. The molecule has 0 N–H and O–H groups in total. The van der Waals surface area contributed by atoms with Crippen molar-refractivity contribution in [2.24, 2.45) is 5.92 Å². The Morgan fingerprint density at radius 3 is 2.61 bits per heavy atom. The molecule has 1 saturated carbocycles. The van der Waals surface area contributed by atoms with Gasteiger partial charge in [-0.3, -0.25) is 14.6 Å². The first-order valence-corrected chi connectivity index (χ1v) is 13.2. The van der Waals surface area contributed by atoms with Crippen molar-refractivity contribution in [3.63, 3.8) is 0 Å². The van der Waals surface area contributed by atoms with E-state index >= 15 is 0 Å². The van der Waals surface area contributed by atoms with E-state index in [2.05, 4.69) is 15.2 Å². The van der Waals surface area contributed by atoms with Crippen molar-refractivity contribution in [1.82, 2.24) is 15.2 Å². The first-order chi connectivity index (χ1) is 17.5. The third kappa shape index (κ3) is 5.13. The number of hydrogen-bond donors (Lipinski definition) is 0. The summed E-state index contributed by atoms with van der Waals surface area (Å²) in [6.07, 6.45) is 8.65. The van der Waals surface area contributed by atoms with E-state index < -0.39 is 16.8 Å². The number of Topliss-reactive ketones (excluding diaryl/α,β-unsaturated/α-hetero) is 1. The quantitative estimate of drug-likeness (QED) is 0.284. The molecule has 1 saturated heterocycles. The first-order valence-electron chi connectivity index (χ1n) is 12.0. The van der Waals surface area contributed by atoms with E-state index in [-0.39, 0.29) is 23.3 Å². The summed E-state index contributed by atoms with van der Waals surface area (Å²) >= 11 is 7.25. The molecule has 1 aliphatic heterocycles. The van der Waals surface area contributed by atoms with Gasteiger partial charge in [0.25, 0.3) is 5.22 Å². The van der Waals surface area contributed by atoms with Gasteiger partial charge in [0.2, 0.25) is 5.89 Å². The molecule has 1 aromatic carbocycles. The van der Waals surface area contributed by atoms with Crippen LogP contribution in [-0.2, 0) is 20.7 Å². The smallest absolute Gasteiger partial charge is 0.327 e. The van der Waals surface area contributed by atoms with Gasteiger partial charge in [-0.1, -0.05) is 30.5 Å². The third-order valence-corrected chi connectivity index (χ3v) is 8.34. The van der Waals surface area contributed by atoms with Gasteiger partial charge in [-0.25, -0.2) is 0 Å². The van der Waals surface area contributed by atoms with Crippen LogP contribution in [0.2, 0.25) is 5.02 Å². The fourth-order valence-corrected chi connectivity index (χ4v) is 6.19. The van der Waals surface area contributed by atoms with Gasteiger partial charge in [0.05, 0.1) is 12.1 Å². The summed E-state index contributed by atoms with van der Waals surface area (Å²) in [6.45, 7) is 0. The number of hydrogen-bond acceptors (Lipinski definition) is 9. The summed E-state index contributed by atoms with van der Waals surface area (Å²) in [4.78, 5) is 30.5. The van der Waals surface area contributed by atoms with Crippen LogP contribution < -0.4 is 4.74 Å². The number of nitrogens with zero attached hydrogens (tertiary/aromatic N) is 3. The van der Waals surface area contributed by atoms with Gasteiger partial charge in [0, 0.05) is 24.4 Å². The number of aromatic nitrogens is 3. The molecule has 10 heteroatoms. The Bertz CT molecular complexity index is 1230. The maximum atomic E-state index is 13.3. The number of methoxy groups -OCH3 is 1. The molecule has 2 fully saturated rings. The van der Waals surface area contributed by atoms with Gasteiger partial charge in [-0.05, 0) is 73.2 Å². The average Bonchev–Trinajstić information content (AvgIpc) is 3.59. The van der Waals surface area contributed by atoms with Crippen molar-refractivity contribution < 1.29 is 23.5 Å². The molecule has 36 heavy (non-hydrogen) atoms. The maximum Gasteiger partial charge on any atom is 0.327 e. The Morgan fingerprint density at radius 2 is 1.92 bits per heavy atom. The van der Waals surface area contributed by atoms with E-state index in [4.69, 9.17) is 25.5 Å². The van der Waals surface area contributed by atoms with Crippen molar-refractivity contribution in [3.8, 4) is 17.2 Å². The molecule has 0 bridgehead atoms. The first kappa shape index (κ1) is 24.8. The van der Waals surface area contributed by atoms with E-state index in [1.807, 2.05) is 18.2 Å². The van der Waals surface area contributed by atoms with Crippen molar-refractivity contribution in [1.29, 1.82) is 0 Å². The molecule has 2 unspecified atom stereocenters. The van der Waals surface area contributed by atoms with Crippen LogP contribution in [0.25, 0.3) is 11.5 Å². The standard InChI is InChI=1S/C26H26ClN3O5S/c1-33-21-7-6-16(14-19(21)27)8-11-26(18-4-2-3-5-18)15-20(31)22(24(32)35-26)36-25-30-29-23(34-25)17-9-12-28-13-10-17/h6-7,9-10,12-14,18,22H,2-5,8,11,15H2,1H3. The lowest BCUT2D eigenvalue weighted by Gasteiger charge is -2.42. The molecule has 3 heterocycles. The zero-order chi connectivity index (χ0) is 25.1. The Labute approximate surface area is 218 Å². The Balaban J connectivity index is 1.31. The molecule has 0 radical (unpaired) electrons. The number of ketones is 1. The summed E-state index contributed by atoms with van der Waals surface area (Å²) in [5, 5.41) is 7.69. The predicted molar refractivity (Wildman–Crippen MR) is 134 cm³/mol. The number of halogens is 1. The second-order valence-corrected chi connectivity index (χ2v) is 10.6. The molecule has 188 valence electrons. The second-order valence-electron chi connectivity index (χ2n) is 9.19. The third-order valence-electron chi connectivity index (χ3n) is 6.99. The van der Waals surface area contributed by atoms with Crippen LogP contribution in [-0.4, -0.2) is 44.9 Å². The van der Waals surface area contributed by atoms with Crippen molar-refractivity contribution in [2.45, 2.75) is 61.0 Å². The Morgan fingerprint density at radius 1 is 1.14 bits per heavy atom. The van der Waals surface area contributed by atoms with Crippen molar-refractivity contribution in [2.75, 3.05) is 7.11 Å². The number of esters is 1. The van der Waals surface area contributed by atoms with Crippen LogP contribution in [0.15, 0.2) is 52.4 Å². The zero-order valence-corrected chi connectivity index (χ0v) is 21.4. The molecule has 1 aliphatic carbocycles. The van der Waals surface area contributed by atoms with Crippen LogP contribution in [0, 0.1) is 5.92 Å². The summed E-state index contributed by atoms with van der Waals surface area (Å²) in [6, 6.07) is 9.13. The van der Waals surface area contributed by atoms with Crippen LogP contribution in [0.4, 0.5) is 0 Å². The lowest BCUT2D eigenvalue weighted by Crippen LogP contribution is -2.53. The summed E-state index contributed by atoms with van der Waals surface area (Å²) in [5.74, 6) is 0.360. The molecule has 2 aliphatic rings. The molecular weight excluding hydrogens is 502 g/mol. The zero-order valence-electron chi connectivity index (χ0n) is 19.8. The Kier molecular flexibility index (Phi) is 7.29. The topological polar surface area (TPSA) is 104 Å². The van der Waals surface area contributed by atoms with Crippen LogP contribution >= 0.6 is 23.4 Å². The highest BCUT2D eigenvalue weighted by Gasteiger charge is 2.52. The van der Waals surface area contributed by atoms with Crippen LogP contribution in [0.5, 0.6) is 5.75 Å². The van der Waals surface area contributed by atoms with Gasteiger partial charge in [-0.2, -0.15) is 0 Å². The molecule has 8 nitrogen and oxygen atoms in total. The molecule has 3 aromatic rings. The number of benzene rings is 1. The highest BCUT2D eigenvalue weighted by atomic mass is 35.5. The second kappa shape index (κ2) is 10.6. The van der Waals surface area contributed by atoms with Gasteiger partial charge in [-0.15, -0.1) is 10.2 Å². The number of carbonyl (C=O) groups is 2. The van der Waals surface area contributed by atoms with Crippen LogP contribution in [0.3, 0.4) is 0 Å². The maximum absolute atomic E-state index is 13.3. The van der Waals surface area contributed by atoms with Gasteiger partial charge in [0.15, 0.2) is 11.0 Å². The number of cyclic esters (lactones) is 1. The van der Waals surface area contributed by atoms with Gasteiger partial charge >= 0.3 is 5.97 Å². The summed E-state index contributed by atoms with van der Waals surface area (Å²) in [5.41, 5.74) is 0.902. The Hall–Kier alpha value is -2.91. The van der Waals surface area contributed by atoms with E-state index in [0.717, 1.165) is 43.0 Å². The monoisotopic (exact) mass is 527 g/mol. The summed E-state index contributed by atoms with van der Waals surface area (Å²) in [7, 11) is 1.58. The predicted octanol–water partition coefficient (Wildman–Crippen LogP) is 5.33. The number of thioether (sulfide) groups is 1. The number of carbonyl (C=O) groups excluding carboxylic acids is 2. The van der Waals surface area contributed by atoms with E-state index in [1.54, 1.807) is 31.6 Å². The fraction of sp³-hybridized carbons (Fsp3) is 0.423. The van der Waals surface area contributed by atoms with Crippen molar-refractivity contribution in [3.05, 3.63) is 53.3 Å². The SMILES string of the molecule is COc1ccc(CCC2(C3CCCC3)CC(=O)C(Sc3nnc(-c4ccncc4)o3)C(=O)O2)cc1Cl. The largest absolute Gasteiger partial charge is 0.495 e. The molecule has 2 atom stereocenters. The van der Waals surface area contributed by atoms with Gasteiger partial charge < -0.3 is 13.9 Å². The van der Waals surface area contributed by atoms with E-state index in [0.29, 0.717) is 35.1 Å². The number of rotatable bonds is 8. The molecule has 0 spiro atoms. The average molecular weight is 528 g/mol. The minimum absolute atomic E-state index is 0.151. The molecule has 0 amide bonds. The number of aryl methyl sites for hydroxylation is 1. The lowest BCUT2D eigenvalue weighted by molar-refractivity contribution is -0.177. The minimum atomic E-state index is -1.03. The van der Waals surface area contributed by atoms with E-state index in [1.165, 1.54) is 0 Å². The number of pyridine rings is 1. The number of ether oxygens (including phenoxy) is 2. The van der Waals surface area contributed by atoms with Crippen LogP contribution in [0.1, 0.15) is 44.1 Å². The highest BCUT2D eigenvalue weighted by Crippen LogP contribution is 2.46. The van der Waals surface area contributed by atoms with Crippen molar-refractivity contribution >= 4 is 35.1 Å². The van der Waals surface area contributed by atoms with Gasteiger partial charge in [0.1, 0.15) is 11.4 Å².